The molecule has 6 heteroatoms. The highest BCUT2D eigenvalue weighted by atomic mass is 28.3. The van der Waals surface area contributed by atoms with Gasteiger partial charge in [-0.2, -0.15) is 10.5 Å². The fourth-order valence-electron chi connectivity index (χ4n) is 11.2. The lowest BCUT2D eigenvalue weighted by atomic mass is 10.1. The van der Waals surface area contributed by atoms with Gasteiger partial charge in [0.2, 0.25) is 0 Å². The van der Waals surface area contributed by atoms with Gasteiger partial charge >= 0.3 is 0 Å². The minimum Gasteiger partial charge on any atom is -0.192 e. The topological polar surface area (TPSA) is 47.6 Å². The number of hydrogen-bond acceptors (Lipinski definition) is 2. The first-order chi connectivity index (χ1) is 27.6. The summed E-state index contributed by atoms with van der Waals surface area (Å²) in [5.41, 5.74) is 22.3. The highest BCUT2D eigenvalue weighted by Crippen LogP contribution is 2.44. The Hall–Kier alpha value is -3.31. The molecule has 0 aliphatic carbocycles. The first-order valence-corrected chi connectivity index (χ1v) is 31.9. The zero-order chi connectivity index (χ0) is 47.1. The van der Waals surface area contributed by atoms with Crippen LogP contribution in [0, 0.1) is 92.2 Å². The molecule has 0 rings (SSSR count). The molecule has 0 aromatic carbocycles. The summed E-state index contributed by atoms with van der Waals surface area (Å²) in [5.74, 6) is 27.2. The summed E-state index contributed by atoms with van der Waals surface area (Å²) < 4.78 is 0. The molecule has 0 aliphatic heterocycles. The van der Waals surface area contributed by atoms with Crippen LogP contribution in [0.5, 0.6) is 0 Å². The normalized spacial score (nSPS) is 12.0. The van der Waals surface area contributed by atoms with Gasteiger partial charge < -0.3 is 0 Å². The van der Waals surface area contributed by atoms with Crippen LogP contribution in [-0.4, -0.2) is 32.3 Å². The lowest BCUT2D eigenvalue weighted by Gasteiger charge is -2.38. The van der Waals surface area contributed by atoms with E-state index in [1.807, 2.05) is 0 Å². The molecule has 0 aromatic heterocycles. The summed E-state index contributed by atoms with van der Waals surface area (Å²) in [6.07, 6.45) is 0. The highest BCUT2D eigenvalue weighted by molar-refractivity contribution is 6.92. The second kappa shape index (κ2) is 24.4. The van der Waals surface area contributed by atoms with Crippen LogP contribution in [0.3, 0.4) is 0 Å². The van der Waals surface area contributed by atoms with Crippen molar-refractivity contribution in [2.45, 2.75) is 233 Å². The Bertz CT molecular complexity index is 1860. The minimum absolute atomic E-state index is 0.0831. The van der Waals surface area contributed by atoms with Crippen molar-refractivity contribution in [1.82, 2.24) is 0 Å². The Kier molecular flexibility index (Phi) is 23.0. The number of allylic oxidation sites excluding steroid dienone is 4. The van der Waals surface area contributed by atoms with E-state index >= 15 is 0 Å². The van der Waals surface area contributed by atoms with Crippen LogP contribution in [0.2, 0.25) is 66.5 Å². The van der Waals surface area contributed by atoms with Crippen molar-refractivity contribution in [3.05, 3.63) is 22.3 Å². The summed E-state index contributed by atoms with van der Waals surface area (Å²) in [6, 6.07) is 4.11. The summed E-state index contributed by atoms with van der Waals surface area (Å²) >= 11 is 0. The molecule has 0 saturated carbocycles. The minimum atomic E-state index is -2.18. The third-order valence-electron chi connectivity index (χ3n) is 14.2. The van der Waals surface area contributed by atoms with Crippen molar-refractivity contribution in [1.29, 1.82) is 10.5 Å². The van der Waals surface area contributed by atoms with Gasteiger partial charge in [-0.1, -0.05) is 190 Å². The number of rotatable bonds is 12. The quantitative estimate of drug-likeness (QED) is 0.111. The number of nitrogens with zero attached hydrogens (tertiary/aromatic N) is 2. The van der Waals surface area contributed by atoms with E-state index < -0.39 is 32.3 Å². The van der Waals surface area contributed by atoms with Gasteiger partial charge in [-0.15, -0.1) is 22.2 Å². The molecule has 0 unspecified atom stereocenters. The maximum Gasteiger partial charge on any atom is 0.153 e. The summed E-state index contributed by atoms with van der Waals surface area (Å²) in [5, 5.41) is 20.0. The molecule has 0 radical (unpaired) electrons. The molecule has 60 heavy (non-hydrogen) atoms. The van der Waals surface area contributed by atoms with Crippen LogP contribution >= 0.6 is 0 Å². The molecule has 326 valence electrons. The fraction of sp³-hybridized carbons (Fsp3) is 0.667. The Morgan fingerprint density at radius 3 is 0.550 bits per heavy atom. The molecule has 0 spiro atoms. The molecule has 0 saturated heterocycles. The molecular formula is C54H84N2Si4. The van der Waals surface area contributed by atoms with Crippen LogP contribution in [0.1, 0.15) is 166 Å². The van der Waals surface area contributed by atoms with E-state index in [9.17, 15) is 10.5 Å². The largest absolute Gasteiger partial charge is 0.192 e. The van der Waals surface area contributed by atoms with E-state index in [4.69, 9.17) is 0 Å². The van der Waals surface area contributed by atoms with Crippen LogP contribution in [-0.2, 0) is 0 Å². The summed E-state index contributed by atoms with van der Waals surface area (Å²) in [4.78, 5) is 0. The lowest BCUT2D eigenvalue weighted by Crippen LogP contribution is -2.43. The highest BCUT2D eigenvalue weighted by Gasteiger charge is 2.44. The standard InChI is InChI=1S/C54H84N2Si4/c1-39(2)57(40(3)4,41(5)6)33-29-51(27-25-26-28-52(54(37-55)38-56)30-34-58(42(7)8,43(9)10)44(11)12)53(31-35-59(45(13)14,46(15)16)47(17)18)32-36-60(48(19)20,49(21)22)50(23)24/h39-50H,1-24H3. The second-order valence-corrected chi connectivity index (χ2v) is 43.1. The summed E-state index contributed by atoms with van der Waals surface area (Å²) in [7, 11) is -8.66. The smallest absolute Gasteiger partial charge is 0.153 e. The van der Waals surface area contributed by atoms with Gasteiger partial charge in [-0.3, -0.25) is 0 Å². The Morgan fingerprint density at radius 2 is 0.400 bits per heavy atom. The van der Waals surface area contributed by atoms with E-state index in [0.29, 0.717) is 77.6 Å². The molecular weight excluding hydrogens is 789 g/mol. The Labute approximate surface area is 377 Å². The van der Waals surface area contributed by atoms with Gasteiger partial charge in [-0.05, 0) is 90.2 Å². The van der Waals surface area contributed by atoms with Crippen molar-refractivity contribution >= 4 is 32.3 Å². The van der Waals surface area contributed by atoms with Crippen molar-refractivity contribution in [2.75, 3.05) is 0 Å². The average Bonchev–Trinajstić information content (AvgIpc) is 3.10. The Morgan fingerprint density at radius 1 is 0.250 bits per heavy atom. The first-order valence-electron chi connectivity index (χ1n) is 23.0. The maximum atomic E-state index is 10.00. The fourth-order valence-corrected chi connectivity index (χ4v) is 32.0. The molecule has 0 atom stereocenters. The van der Waals surface area contributed by atoms with Gasteiger partial charge in [0.05, 0.1) is 11.1 Å². The second-order valence-electron chi connectivity index (χ2n) is 20.8. The van der Waals surface area contributed by atoms with Crippen molar-refractivity contribution in [2.24, 2.45) is 0 Å². The van der Waals surface area contributed by atoms with Gasteiger partial charge in [0.1, 0.15) is 50.0 Å². The SMILES string of the molecule is CC(C)[Si](C#CC(C#CC#CC(C#C[Si](C(C)C)(C(C)C)C(C)C)=C(C#C[Si](C(C)C)(C(C)C)C(C)C)C#C[Si](C(C)C)(C(C)C)C(C)C)=C(C#N)C#N)(C(C)C)C(C)C. The van der Waals surface area contributed by atoms with Crippen LogP contribution < -0.4 is 0 Å². The van der Waals surface area contributed by atoms with Crippen molar-refractivity contribution < 1.29 is 0 Å². The third kappa shape index (κ3) is 12.6. The third-order valence-corrected chi connectivity index (χ3v) is 39.4. The molecule has 2 nitrogen and oxygen atoms in total. The van der Waals surface area contributed by atoms with E-state index in [1.165, 1.54) is 0 Å². The van der Waals surface area contributed by atoms with Gasteiger partial charge in [0.15, 0.2) is 5.57 Å². The first kappa shape index (κ1) is 56.7. The average molecular weight is 874 g/mol. The van der Waals surface area contributed by atoms with Crippen LogP contribution in [0.25, 0.3) is 0 Å². The van der Waals surface area contributed by atoms with E-state index in [-0.39, 0.29) is 11.1 Å². The van der Waals surface area contributed by atoms with E-state index in [0.717, 1.165) is 0 Å². The monoisotopic (exact) mass is 873 g/mol. The van der Waals surface area contributed by atoms with Gasteiger partial charge in [0.25, 0.3) is 0 Å². The van der Waals surface area contributed by atoms with Crippen molar-refractivity contribution in [3.63, 3.8) is 0 Å². The molecule has 0 bridgehead atoms. The predicted octanol–water partition coefficient (Wildman–Crippen LogP) is 15.5. The zero-order valence-electron chi connectivity index (χ0n) is 42.8. The van der Waals surface area contributed by atoms with Crippen LogP contribution in [0.4, 0.5) is 0 Å². The number of nitriles is 2. The van der Waals surface area contributed by atoms with Crippen LogP contribution in [0.15, 0.2) is 22.3 Å². The van der Waals surface area contributed by atoms with Crippen molar-refractivity contribution in [3.8, 4) is 81.7 Å². The molecule has 0 aliphatic rings. The Balaban J connectivity index is 9.26. The lowest BCUT2D eigenvalue weighted by molar-refractivity contribution is 0.838. The summed E-state index contributed by atoms with van der Waals surface area (Å²) in [6.45, 7) is 55.6. The zero-order valence-corrected chi connectivity index (χ0v) is 46.8. The van der Waals surface area contributed by atoms with Gasteiger partial charge in [0, 0.05) is 0 Å². The molecule has 0 aromatic rings. The van der Waals surface area contributed by atoms with Gasteiger partial charge in [-0.25, -0.2) is 0 Å². The molecule has 0 fully saturated rings. The molecule has 0 heterocycles. The number of hydrogen-bond donors (Lipinski definition) is 0. The predicted molar refractivity (Wildman–Crippen MR) is 276 cm³/mol. The van der Waals surface area contributed by atoms with E-state index in [1.54, 1.807) is 0 Å². The maximum absolute atomic E-state index is 10.00. The molecule has 0 N–H and O–H groups in total. The molecule has 0 amide bonds. The van der Waals surface area contributed by atoms with E-state index in [2.05, 4.69) is 248 Å².